The molecule has 0 N–H and O–H groups in total. The first kappa shape index (κ1) is 15.6. The van der Waals surface area contributed by atoms with E-state index in [-0.39, 0.29) is 11.9 Å². The predicted octanol–water partition coefficient (Wildman–Crippen LogP) is 3.13. The van der Waals surface area contributed by atoms with Crippen molar-refractivity contribution in [3.63, 3.8) is 0 Å². The average molecular weight is 263 g/mol. The molecule has 0 aliphatic rings. The molecule has 1 aromatic heterocycles. The van der Waals surface area contributed by atoms with Crippen LogP contribution in [0.1, 0.15) is 61.9 Å². The van der Waals surface area contributed by atoms with Gasteiger partial charge in [-0.25, -0.2) is 9.97 Å². The van der Waals surface area contributed by atoms with Gasteiger partial charge in [0.25, 0.3) is 5.91 Å². The molecule has 1 amide bonds. The molecule has 4 heteroatoms. The van der Waals surface area contributed by atoms with Crippen molar-refractivity contribution in [1.82, 2.24) is 14.9 Å². The molecule has 0 spiro atoms. The molecular weight excluding hydrogens is 238 g/mol. The van der Waals surface area contributed by atoms with E-state index in [0.29, 0.717) is 11.4 Å². The average Bonchev–Trinajstić information content (AvgIpc) is 2.38. The van der Waals surface area contributed by atoms with Gasteiger partial charge >= 0.3 is 0 Å². The maximum Gasteiger partial charge on any atom is 0.257 e. The molecule has 1 aromatic rings. The zero-order valence-corrected chi connectivity index (χ0v) is 12.7. The normalized spacial score (nSPS) is 12.3. The van der Waals surface area contributed by atoms with Crippen LogP contribution in [0.4, 0.5) is 0 Å². The third-order valence-electron chi connectivity index (χ3n) is 3.47. The van der Waals surface area contributed by atoms with Gasteiger partial charge in [-0.3, -0.25) is 4.79 Å². The van der Waals surface area contributed by atoms with E-state index in [1.54, 1.807) is 6.20 Å². The second-order valence-corrected chi connectivity index (χ2v) is 5.03. The number of unbranched alkanes of at least 4 members (excludes halogenated alkanes) is 1. The Hall–Kier alpha value is -1.45. The molecule has 1 heterocycles. The summed E-state index contributed by atoms with van der Waals surface area (Å²) in [6.07, 6.45) is 4.73. The molecular formula is C15H25N3O. The Balaban J connectivity index is 2.97. The van der Waals surface area contributed by atoms with Gasteiger partial charge in [-0.2, -0.15) is 0 Å². The predicted molar refractivity (Wildman–Crippen MR) is 77.2 cm³/mol. The van der Waals surface area contributed by atoms with Gasteiger partial charge in [-0.15, -0.1) is 0 Å². The maximum absolute atomic E-state index is 12.6. The Morgan fingerprint density at radius 3 is 2.58 bits per heavy atom. The number of aromatic nitrogens is 2. The molecule has 0 bridgehead atoms. The lowest BCUT2D eigenvalue weighted by Crippen LogP contribution is -2.39. The van der Waals surface area contributed by atoms with Gasteiger partial charge in [0.1, 0.15) is 5.82 Å². The number of hydrogen-bond donors (Lipinski definition) is 0. The van der Waals surface area contributed by atoms with Crippen molar-refractivity contribution < 1.29 is 4.79 Å². The van der Waals surface area contributed by atoms with Gasteiger partial charge in [0.15, 0.2) is 0 Å². The fraction of sp³-hybridized carbons (Fsp3) is 0.667. The SMILES string of the molecule is CCCCN(C(=O)c1cnc(C)nc1C)C(C)CC. The second kappa shape index (κ2) is 7.22. The quantitative estimate of drug-likeness (QED) is 0.792. The van der Waals surface area contributed by atoms with E-state index in [4.69, 9.17) is 0 Å². The highest BCUT2D eigenvalue weighted by molar-refractivity contribution is 5.95. The monoisotopic (exact) mass is 263 g/mol. The molecule has 1 rings (SSSR count). The fourth-order valence-electron chi connectivity index (χ4n) is 2.02. The zero-order chi connectivity index (χ0) is 14.4. The summed E-state index contributed by atoms with van der Waals surface area (Å²) in [4.78, 5) is 23.0. The van der Waals surface area contributed by atoms with E-state index in [2.05, 4.69) is 30.7 Å². The summed E-state index contributed by atoms with van der Waals surface area (Å²) in [6.45, 7) is 10.9. The van der Waals surface area contributed by atoms with Crippen LogP contribution in [0.2, 0.25) is 0 Å². The van der Waals surface area contributed by atoms with Gasteiger partial charge in [-0.1, -0.05) is 20.3 Å². The molecule has 1 unspecified atom stereocenters. The van der Waals surface area contributed by atoms with Crippen molar-refractivity contribution in [1.29, 1.82) is 0 Å². The van der Waals surface area contributed by atoms with Crippen LogP contribution in [0.3, 0.4) is 0 Å². The van der Waals surface area contributed by atoms with Gasteiger partial charge in [-0.05, 0) is 33.6 Å². The van der Waals surface area contributed by atoms with E-state index < -0.39 is 0 Å². The molecule has 0 saturated heterocycles. The number of carbonyl (C=O) groups excluding carboxylic acids is 1. The third kappa shape index (κ3) is 4.01. The van der Waals surface area contributed by atoms with Crippen molar-refractivity contribution in [3.8, 4) is 0 Å². The van der Waals surface area contributed by atoms with Crippen molar-refractivity contribution in [2.75, 3.05) is 6.54 Å². The number of carbonyl (C=O) groups is 1. The smallest absolute Gasteiger partial charge is 0.257 e. The largest absolute Gasteiger partial charge is 0.336 e. The van der Waals surface area contributed by atoms with Crippen LogP contribution < -0.4 is 0 Å². The first-order chi connectivity index (χ1) is 9.01. The van der Waals surface area contributed by atoms with E-state index in [1.165, 1.54) is 0 Å². The number of nitrogens with zero attached hydrogens (tertiary/aromatic N) is 3. The minimum atomic E-state index is 0.0558. The summed E-state index contributed by atoms with van der Waals surface area (Å²) in [5, 5.41) is 0. The maximum atomic E-state index is 12.6. The Bertz CT molecular complexity index is 431. The van der Waals surface area contributed by atoms with Crippen molar-refractivity contribution >= 4 is 5.91 Å². The Kier molecular flexibility index (Phi) is 5.93. The lowest BCUT2D eigenvalue weighted by atomic mass is 10.1. The summed E-state index contributed by atoms with van der Waals surface area (Å²) in [7, 11) is 0. The van der Waals surface area contributed by atoms with E-state index in [0.717, 1.165) is 31.5 Å². The lowest BCUT2D eigenvalue weighted by Gasteiger charge is -2.29. The Morgan fingerprint density at radius 2 is 2.05 bits per heavy atom. The van der Waals surface area contributed by atoms with E-state index >= 15 is 0 Å². The van der Waals surface area contributed by atoms with Crippen molar-refractivity contribution in [2.45, 2.75) is 59.9 Å². The number of aryl methyl sites for hydroxylation is 2. The molecule has 106 valence electrons. The molecule has 1 atom stereocenters. The van der Waals surface area contributed by atoms with Gasteiger partial charge < -0.3 is 4.90 Å². The van der Waals surface area contributed by atoms with E-state index in [1.807, 2.05) is 18.7 Å². The number of rotatable bonds is 6. The van der Waals surface area contributed by atoms with Crippen LogP contribution in [0.25, 0.3) is 0 Å². The van der Waals surface area contributed by atoms with Gasteiger partial charge in [0.2, 0.25) is 0 Å². The van der Waals surface area contributed by atoms with Crippen LogP contribution in [0, 0.1) is 13.8 Å². The van der Waals surface area contributed by atoms with Crippen molar-refractivity contribution in [2.24, 2.45) is 0 Å². The Morgan fingerprint density at radius 1 is 1.37 bits per heavy atom. The fourth-order valence-corrected chi connectivity index (χ4v) is 2.02. The molecule has 19 heavy (non-hydrogen) atoms. The molecule has 0 aliphatic carbocycles. The minimum absolute atomic E-state index is 0.0558. The summed E-state index contributed by atoms with van der Waals surface area (Å²) in [6, 6.07) is 0.250. The molecule has 4 nitrogen and oxygen atoms in total. The highest BCUT2D eigenvalue weighted by Crippen LogP contribution is 2.13. The topological polar surface area (TPSA) is 46.1 Å². The molecule has 0 aliphatic heterocycles. The molecule has 0 fully saturated rings. The van der Waals surface area contributed by atoms with E-state index in [9.17, 15) is 4.79 Å². The molecule has 0 saturated carbocycles. The number of hydrogen-bond acceptors (Lipinski definition) is 3. The highest BCUT2D eigenvalue weighted by atomic mass is 16.2. The lowest BCUT2D eigenvalue weighted by molar-refractivity contribution is 0.0683. The van der Waals surface area contributed by atoms with Crippen LogP contribution in [-0.2, 0) is 0 Å². The molecule has 0 aromatic carbocycles. The second-order valence-electron chi connectivity index (χ2n) is 5.03. The minimum Gasteiger partial charge on any atom is -0.336 e. The summed E-state index contributed by atoms with van der Waals surface area (Å²) >= 11 is 0. The zero-order valence-electron chi connectivity index (χ0n) is 12.7. The summed E-state index contributed by atoms with van der Waals surface area (Å²) < 4.78 is 0. The first-order valence-corrected chi connectivity index (χ1v) is 7.12. The number of amides is 1. The molecule has 0 radical (unpaired) electrons. The van der Waals surface area contributed by atoms with Gasteiger partial charge in [0.05, 0.1) is 11.3 Å². The standard InChI is InChI=1S/C15H25N3O/c1-6-8-9-18(11(3)7-2)15(19)14-10-16-13(5)17-12(14)4/h10-11H,6-9H2,1-5H3. The van der Waals surface area contributed by atoms with Crippen LogP contribution in [0.15, 0.2) is 6.20 Å². The third-order valence-corrected chi connectivity index (χ3v) is 3.47. The summed E-state index contributed by atoms with van der Waals surface area (Å²) in [5.74, 6) is 0.762. The Labute approximate surface area is 116 Å². The van der Waals surface area contributed by atoms with Crippen LogP contribution in [-0.4, -0.2) is 33.4 Å². The van der Waals surface area contributed by atoms with Crippen LogP contribution >= 0.6 is 0 Å². The first-order valence-electron chi connectivity index (χ1n) is 7.12. The van der Waals surface area contributed by atoms with Crippen LogP contribution in [0.5, 0.6) is 0 Å². The van der Waals surface area contributed by atoms with Crippen molar-refractivity contribution in [3.05, 3.63) is 23.3 Å². The van der Waals surface area contributed by atoms with Gasteiger partial charge in [0, 0.05) is 18.8 Å². The highest BCUT2D eigenvalue weighted by Gasteiger charge is 2.22. The summed E-state index contributed by atoms with van der Waals surface area (Å²) in [5.41, 5.74) is 1.39.